The van der Waals surface area contributed by atoms with Crippen molar-refractivity contribution in [3.05, 3.63) is 34.9 Å². The van der Waals surface area contributed by atoms with Crippen LogP contribution in [-0.2, 0) is 0 Å². The molecule has 3 N–H and O–H groups in total. The zero-order chi connectivity index (χ0) is 12.8. The van der Waals surface area contributed by atoms with Gasteiger partial charge in [0.25, 0.3) is 0 Å². The molecule has 1 aromatic carbocycles. The predicted octanol–water partition coefficient (Wildman–Crippen LogP) is 2.96. The maximum absolute atomic E-state index is 5.94. The highest BCUT2D eigenvalue weighted by Gasteiger charge is 2.06. The van der Waals surface area contributed by atoms with Gasteiger partial charge in [-0.3, -0.25) is 4.99 Å². The second-order valence-corrected chi connectivity index (χ2v) is 4.98. The minimum atomic E-state index is 0.101. The molecule has 1 aromatic rings. The van der Waals surface area contributed by atoms with Gasteiger partial charge in [-0.1, -0.05) is 37.6 Å². The van der Waals surface area contributed by atoms with Crippen molar-refractivity contribution in [2.75, 3.05) is 6.54 Å². The van der Waals surface area contributed by atoms with E-state index in [1.54, 1.807) is 0 Å². The highest BCUT2D eigenvalue weighted by molar-refractivity contribution is 6.30. The van der Waals surface area contributed by atoms with Crippen LogP contribution in [0.3, 0.4) is 0 Å². The van der Waals surface area contributed by atoms with Gasteiger partial charge in [0.05, 0.1) is 6.04 Å². The molecule has 3 nitrogen and oxygen atoms in total. The zero-order valence-corrected chi connectivity index (χ0v) is 11.3. The van der Waals surface area contributed by atoms with E-state index < -0.39 is 0 Å². The summed E-state index contributed by atoms with van der Waals surface area (Å²) in [5, 5.41) is 3.88. The average Bonchev–Trinajstić information content (AvgIpc) is 2.26. The van der Waals surface area contributed by atoms with Gasteiger partial charge in [0.1, 0.15) is 0 Å². The summed E-state index contributed by atoms with van der Waals surface area (Å²) in [7, 11) is 0. The summed E-state index contributed by atoms with van der Waals surface area (Å²) in [6.45, 7) is 6.98. The fraction of sp³-hybridized carbons (Fsp3) is 0.462. The molecule has 1 atom stereocenters. The van der Waals surface area contributed by atoms with Crippen LogP contribution in [0.1, 0.15) is 32.4 Å². The van der Waals surface area contributed by atoms with Gasteiger partial charge < -0.3 is 11.1 Å². The fourth-order valence-electron chi connectivity index (χ4n) is 1.41. The number of hydrogen-bond donors (Lipinski definition) is 2. The molecule has 0 saturated heterocycles. The van der Waals surface area contributed by atoms with E-state index in [0.717, 1.165) is 17.1 Å². The lowest BCUT2D eigenvalue weighted by Gasteiger charge is -2.15. The zero-order valence-electron chi connectivity index (χ0n) is 10.6. The SMILES string of the molecule is CC(C)CN=C(N)NC(C)c1cccc(Cl)c1. The summed E-state index contributed by atoms with van der Waals surface area (Å²) in [5.74, 6) is 0.989. The summed E-state index contributed by atoms with van der Waals surface area (Å²) in [4.78, 5) is 4.26. The molecule has 0 radical (unpaired) electrons. The molecule has 1 rings (SSSR count). The lowest BCUT2D eigenvalue weighted by molar-refractivity contribution is 0.652. The number of nitrogens with one attached hydrogen (secondary N) is 1. The molecule has 0 aliphatic rings. The van der Waals surface area contributed by atoms with Crippen molar-refractivity contribution in [1.82, 2.24) is 5.32 Å². The van der Waals surface area contributed by atoms with Crippen LogP contribution < -0.4 is 11.1 Å². The molecule has 0 fully saturated rings. The molecule has 1 unspecified atom stereocenters. The van der Waals surface area contributed by atoms with Crippen molar-refractivity contribution < 1.29 is 0 Å². The average molecular weight is 254 g/mol. The Labute approximate surface area is 108 Å². The minimum Gasteiger partial charge on any atom is -0.370 e. The Morgan fingerprint density at radius 1 is 1.41 bits per heavy atom. The molecule has 0 aromatic heterocycles. The van der Waals surface area contributed by atoms with Crippen LogP contribution in [0.25, 0.3) is 0 Å². The number of nitrogens with two attached hydrogens (primary N) is 1. The van der Waals surface area contributed by atoms with Crippen LogP contribution in [0.2, 0.25) is 5.02 Å². The van der Waals surface area contributed by atoms with Crippen LogP contribution in [0.15, 0.2) is 29.3 Å². The number of halogens is 1. The summed E-state index contributed by atoms with van der Waals surface area (Å²) < 4.78 is 0. The van der Waals surface area contributed by atoms with E-state index in [2.05, 4.69) is 24.2 Å². The van der Waals surface area contributed by atoms with Gasteiger partial charge in [0, 0.05) is 11.6 Å². The normalized spacial score (nSPS) is 13.8. The number of benzene rings is 1. The van der Waals surface area contributed by atoms with Crippen LogP contribution in [-0.4, -0.2) is 12.5 Å². The lowest BCUT2D eigenvalue weighted by Crippen LogP contribution is -2.34. The van der Waals surface area contributed by atoms with Gasteiger partial charge in [0.15, 0.2) is 5.96 Å². The van der Waals surface area contributed by atoms with E-state index >= 15 is 0 Å². The van der Waals surface area contributed by atoms with E-state index in [1.165, 1.54) is 0 Å². The molecular formula is C13H20ClN3. The van der Waals surface area contributed by atoms with Crippen molar-refractivity contribution >= 4 is 17.6 Å². The predicted molar refractivity (Wildman–Crippen MR) is 74.3 cm³/mol. The third-order valence-electron chi connectivity index (χ3n) is 2.34. The first-order chi connectivity index (χ1) is 7.99. The van der Waals surface area contributed by atoms with Crippen LogP contribution >= 0.6 is 11.6 Å². The van der Waals surface area contributed by atoms with E-state index in [0.29, 0.717) is 11.9 Å². The Balaban J connectivity index is 2.60. The maximum atomic E-state index is 5.94. The van der Waals surface area contributed by atoms with Crippen LogP contribution in [0.5, 0.6) is 0 Å². The summed E-state index contributed by atoms with van der Waals surface area (Å²) in [6.07, 6.45) is 0. The maximum Gasteiger partial charge on any atom is 0.189 e. The Morgan fingerprint density at radius 2 is 2.12 bits per heavy atom. The number of rotatable bonds is 4. The topological polar surface area (TPSA) is 50.4 Å². The molecule has 17 heavy (non-hydrogen) atoms. The van der Waals surface area contributed by atoms with Crippen molar-refractivity contribution in [3.63, 3.8) is 0 Å². The Morgan fingerprint density at radius 3 is 2.71 bits per heavy atom. The summed E-state index contributed by atoms with van der Waals surface area (Å²) in [6, 6.07) is 7.82. The third-order valence-corrected chi connectivity index (χ3v) is 2.57. The molecule has 0 bridgehead atoms. The van der Waals surface area contributed by atoms with Gasteiger partial charge >= 0.3 is 0 Å². The number of aliphatic imine (C=N–C) groups is 1. The molecular weight excluding hydrogens is 234 g/mol. The largest absolute Gasteiger partial charge is 0.370 e. The number of hydrogen-bond acceptors (Lipinski definition) is 1. The van der Waals surface area contributed by atoms with Gasteiger partial charge in [-0.05, 0) is 30.5 Å². The monoisotopic (exact) mass is 253 g/mol. The molecule has 0 aliphatic heterocycles. The van der Waals surface area contributed by atoms with Crippen LogP contribution in [0, 0.1) is 5.92 Å². The van der Waals surface area contributed by atoms with Gasteiger partial charge in [-0.25, -0.2) is 0 Å². The van der Waals surface area contributed by atoms with Crippen LogP contribution in [0.4, 0.5) is 0 Å². The Hall–Kier alpha value is -1.22. The molecule has 0 heterocycles. The molecule has 0 aliphatic carbocycles. The van der Waals surface area contributed by atoms with Crippen molar-refractivity contribution in [3.8, 4) is 0 Å². The number of nitrogens with zero attached hydrogens (tertiary/aromatic N) is 1. The van der Waals surface area contributed by atoms with Gasteiger partial charge in [0.2, 0.25) is 0 Å². The highest BCUT2D eigenvalue weighted by Crippen LogP contribution is 2.16. The molecule has 0 spiro atoms. The lowest BCUT2D eigenvalue weighted by atomic mass is 10.1. The molecule has 0 saturated carbocycles. The molecule has 94 valence electrons. The van der Waals surface area contributed by atoms with E-state index in [4.69, 9.17) is 17.3 Å². The second kappa shape index (κ2) is 6.50. The highest BCUT2D eigenvalue weighted by atomic mass is 35.5. The smallest absolute Gasteiger partial charge is 0.189 e. The quantitative estimate of drug-likeness (QED) is 0.640. The summed E-state index contributed by atoms with van der Waals surface area (Å²) in [5.41, 5.74) is 6.90. The van der Waals surface area contributed by atoms with Crippen molar-refractivity contribution in [2.24, 2.45) is 16.6 Å². The van der Waals surface area contributed by atoms with Crippen molar-refractivity contribution in [1.29, 1.82) is 0 Å². The first-order valence-electron chi connectivity index (χ1n) is 5.81. The third kappa shape index (κ3) is 5.09. The Kier molecular flexibility index (Phi) is 5.29. The molecule has 4 heteroatoms. The second-order valence-electron chi connectivity index (χ2n) is 4.54. The van der Waals surface area contributed by atoms with E-state index in [-0.39, 0.29) is 6.04 Å². The molecule has 0 amide bonds. The van der Waals surface area contributed by atoms with Gasteiger partial charge in [-0.2, -0.15) is 0 Å². The van der Waals surface area contributed by atoms with E-state index in [1.807, 2.05) is 31.2 Å². The van der Waals surface area contributed by atoms with E-state index in [9.17, 15) is 0 Å². The Bertz CT molecular complexity index is 388. The summed E-state index contributed by atoms with van der Waals surface area (Å²) >= 11 is 5.94. The first-order valence-corrected chi connectivity index (χ1v) is 6.18. The van der Waals surface area contributed by atoms with Crippen molar-refractivity contribution in [2.45, 2.75) is 26.8 Å². The fourth-order valence-corrected chi connectivity index (χ4v) is 1.61. The minimum absolute atomic E-state index is 0.101. The number of guanidine groups is 1. The van der Waals surface area contributed by atoms with Gasteiger partial charge in [-0.15, -0.1) is 0 Å². The standard InChI is InChI=1S/C13H20ClN3/c1-9(2)8-16-13(15)17-10(3)11-5-4-6-12(14)7-11/h4-7,9-10H,8H2,1-3H3,(H3,15,16,17). The first kappa shape index (κ1) is 13.8.